The van der Waals surface area contributed by atoms with Gasteiger partial charge in [0.2, 0.25) is 0 Å². The van der Waals surface area contributed by atoms with Crippen LogP contribution in [0.25, 0.3) is 10.9 Å². The fraction of sp³-hybridized carbons (Fsp3) is 0.143. The van der Waals surface area contributed by atoms with E-state index in [9.17, 15) is 9.90 Å². The fourth-order valence-electron chi connectivity index (χ4n) is 1.75. The molecule has 0 amide bonds. The summed E-state index contributed by atoms with van der Waals surface area (Å²) in [5.41, 5.74) is 1.52. The number of aromatic nitrogens is 1. The molecule has 4 heteroatoms. The van der Waals surface area contributed by atoms with Gasteiger partial charge in [0, 0.05) is 17.6 Å². The number of hydrogen-bond donors (Lipinski definition) is 2. The van der Waals surface area contributed by atoms with E-state index < -0.39 is 5.97 Å². The molecule has 1 atom stereocenters. The van der Waals surface area contributed by atoms with Crippen LogP contribution >= 0.6 is 0 Å². The molecule has 2 aromatic rings. The highest BCUT2D eigenvalue weighted by Crippen LogP contribution is 2.26. The van der Waals surface area contributed by atoms with Crippen LogP contribution in [0.15, 0.2) is 43.1 Å². The predicted molar refractivity (Wildman–Crippen MR) is 72.0 cm³/mol. The number of pyridine rings is 1. The molecule has 0 aliphatic heterocycles. The number of benzene rings is 1. The van der Waals surface area contributed by atoms with Crippen LogP contribution in [-0.2, 0) is 0 Å². The second-order valence-corrected chi connectivity index (χ2v) is 4.04. The summed E-state index contributed by atoms with van der Waals surface area (Å²) in [4.78, 5) is 15.4. The third-order valence-electron chi connectivity index (χ3n) is 2.73. The average Bonchev–Trinajstić information content (AvgIpc) is 2.38. The highest BCUT2D eigenvalue weighted by Gasteiger charge is 2.15. The highest BCUT2D eigenvalue weighted by atomic mass is 16.4. The average molecular weight is 242 g/mol. The normalized spacial score (nSPS) is 12.1. The molecule has 0 aliphatic rings. The van der Waals surface area contributed by atoms with Gasteiger partial charge >= 0.3 is 5.97 Å². The Morgan fingerprint density at radius 2 is 2.22 bits per heavy atom. The third-order valence-corrected chi connectivity index (χ3v) is 2.73. The molecule has 0 spiro atoms. The predicted octanol–water partition coefficient (Wildman–Crippen LogP) is 2.92. The number of nitrogens with one attached hydrogen (secondary N) is 1. The molecule has 2 rings (SSSR count). The van der Waals surface area contributed by atoms with Gasteiger partial charge in [0.05, 0.1) is 11.2 Å². The maximum absolute atomic E-state index is 11.2. The minimum atomic E-state index is -0.994. The number of fused-ring (bicyclic) bond motifs is 1. The van der Waals surface area contributed by atoms with E-state index in [4.69, 9.17) is 0 Å². The summed E-state index contributed by atoms with van der Waals surface area (Å²) in [5, 5.41) is 13.1. The molecule has 0 radical (unpaired) electrons. The zero-order chi connectivity index (χ0) is 13.1. The molecule has 0 fully saturated rings. The molecule has 1 heterocycles. The Morgan fingerprint density at radius 1 is 1.50 bits per heavy atom. The van der Waals surface area contributed by atoms with Crippen LogP contribution in [-0.4, -0.2) is 22.1 Å². The van der Waals surface area contributed by atoms with Gasteiger partial charge in [-0.05, 0) is 13.0 Å². The van der Waals surface area contributed by atoms with Crippen molar-refractivity contribution >= 4 is 22.6 Å². The van der Waals surface area contributed by atoms with Gasteiger partial charge in [0.25, 0.3) is 0 Å². The molecular weight excluding hydrogens is 228 g/mol. The molecule has 1 aromatic heterocycles. The first kappa shape index (κ1) is 12.1. The second-order valence-electron chi connectivity index (χ2n) is 4.04. The molecule has 0 bridgehead atoms. The SMILES string of the molecule is C=CC(C)Nc1c(C(=O)O)cnc2ccccc12. The molecule has 0 saturated carbocycles. The number of hydrogen-bond acceptors (Lipinski definition) is 3. The van der Waals surface area contributed by atoms with Crippen molar-refractivity contribution in [3.8, 4) is 0 Å². The van der Waals surface area contributed by atoms with Crippen LogP contribution in [0, 0.1) is 0 Å². The third kappa shape index (κ3) is 2.18. The van der Waals surface area contributed by atoms with E-state index in [-0.39, 0.29) is 11.6 Å². The Kier molecular flexibility index (Phi) is 3.28. The second kappa shape index (κ2) is 4.87. The summed E-state index contributed by atoms with van der Waals surface area (Å²) in [6, 6.07) is 7.42. The summed E-state index contributed by atoms with van der Waals surface area (Å²) in [6.07, 6.45) is 3.10. The fourth-order valence-corrected chi connectivity index (χ4v) is 1.75. The Balaban J connectivity index is 2.66. The van der Waals surface area contributed by atoms with Crippen LogP contribution in [0.2, 0.25) is 0 Å². The van der Waals surface area contributed by atoms with E-state index in [1.165, 1.54) is 6.20 Å². The standard InChI is InChI=1S/C14H14N2O2/c1-3-9(2)16-13-10-6-4-5-7-12(10)15-8-11(13)14(17)18/h3-9H,1H2,2H3,(H,15,16)(H,17,18). The number of rotatable bonds is 4. The number of aromatic carboxylic acids is 1. The van der Waals surface area contributed by atoms with E-state index in [1.807, 2.05) is 31.2 Å². The van der Waals surface area contributed by atoms with Gasteiger partial charge in [-0.3, -0.25) is 4.98 Å². The number of carboxylic acid groups (broad SMARTS) is 1. The van der Waals surface area contributed by atoms with E-state index in [2.05, 4.69) is 16.9 Å². The molecule has 0 aliphatic carbocycles. The number of nitrogens with zero attached hydrogens (tertiary/aromatic N) is 1. The lowest BCUT2D eigenvalue weighted by molar-refractivity contribution is 0.0697. The molecule has 92 valence electrons. The largest absolute Gasteiger partial charge is 0.478 e. The van der Waals surface area contributed by atoms with Crippen LogP contribution in [0.5, 0.6) is 0 Å². The molecule has 0 saturated heterocycles. The number of anilines is 1. The van der Waals surface area contributed by atoms with Gasteiger partial charge in [-0.2, -0.15) is 0 Å². The molecular formula is C14H14N2O2. The lowest BCUT2D eigenvalue weighted by atomic mass is 10.1. The van der Waals surface area contributed by atoms with Gasteiger partial charge in [0.15, 0.2) is 0 Å². The van der Waals surface area contributed by atoms with Crippen LogP contribution in [0.3, 0.4) is 0 Å². The van der Waals surface area contributed by atoms with Gasteiger partial charge in [-0.1, -0.05) is 24.3 Å². The summed E-state index contributed by atoms with van der Waals surface area (Å²) in [5.74, 6) is -0.994. The summed E-state index contributed by atoms with van der Waals surface area (Å²) in [6.45, 7) is 5.60. The van der Waals surface area contributed by atoms with Gasteiger partial charge in [0.1, 0.15) is 5.56 Å². The van der Waals surface area contributed by atoms with Crippen LogP contribution in [0.4, 0.5) is 5.69 Å². The lowest BCUT2D eigenvalue weighted by Crippen LogP contribution is -2.15. The first-order chi connectivity index (χ1) is 8.63. The van der Waals surface area contributed by atoms with Gasteiger partial charge < -0.3 is 10.4 Å². The van der Waals surface area contributed by atoms with Gasteiger partial charge in [-0.25, -0.2) is 4.79 Å². The van der Waals surface area contributed by atoms with Crippen molar-refractivity contribution in [2.75, 3.05) is 5.32 Å². The zero-order valence-corrected chi connectivity index (χ0v) is 10.1. The lowest BCUT2D eigenvalue weighted by Gasteiger charge is -2.15. The quantitative estimate of drug-likeness (QED) is 0.809. The van der Waals surface area contributed by atoms with E-state index in [1.54, 1.807) is 6.08 Å². The highest BCUT2D eigenvalue weighted by molar-refractivity contribution is 6.04. The first-order valence-electron chi connectivity index (χ1n) is 5.63. The van der Waals surface area contributed by atoms with E-state index in [0.717, 1.165) is 10.9 Å². The van der Waals surface area contributed by atoms with Crippen molar-refractivity contribution in [3.05, 3.63) is 48.7 Å². The summed E-state index contributed by atoms with van der Waals surface area (Å²) < 4.78 is 0. The number of carbonyl (C=O) groups is 1. The maximum atomic E-state index is 11.2. The van der Waals surface area contributed by atoms with Crippen molar-refractivity contribution in [3.63, 3.8) is 0 Å². The van der Waals surface area contributed by atoms with Crippen LogP contribution in [0.1, 0.15) is 17.3 Å². The smallest absolute Gasteiger partial charge is 0.339 e. The Labute approximate surface area is 105 Å². The molecule has 18 heavy (non-hydrogen) atoms. The van der Waals surface area contributed by atoms with Crippen molar-refractivity contribution < 1.29 is 9.90 Å². The van der Waals surface area contributed by atoms with Crippen LogP contribution < -0.4 is 5.32 Å². The van der Waals surface area contributed by atoms with Gasteiger partial charge in [-0.15, -0.1) is 6.58 Å². The molecule has 1 unspecified atom stereocenters. The summed E-state index contributed by atoms with van der Waals surface area (Å²) in [7, 11) is 0. The minimum Gasteiger partial charge on any atom is -0.478 e. The number of para-hydroxylation sites is 1. The Morgan fingerprint density at radius 3 is 2.89 bits per heavy atom. The monoisotopic (exact) mass is 242 g/mol. The zero-order valence-electron chi connectivity index (χ0n) is 10.1. The molecule has 2 N–H and O–H groups in total. The number of carboxylic acids is 1. The van der Waals surface area contributed by atoms with Crippen molar-refractivity contribution in [2.45, 2.75) is 13.0 Å². The molecule has 4 nitrogen and oxygen atoms in total. The van der Waals surface area contributed by atoms with Crippen molar-refractivity contribution in [1.82, 2.24) is 4.98 Å². The first-order valence-corrected chi connectivity index (χ1v) is 5.63. The van der Waals surface area contributed by atoms with Crippen molar-refractivity contribution in [1.29, 1.82) is 0 Å². The Hall–Kier alpha value is -2.36. The van der Waals surface area contributed by atoms with E-state index >= 15 is 0 Å². The maximum Gasteiger partial charge on any atom is 0.339 e. The molecule has 1 aromatic carbocycles. The van der Waals surface area contributed by atoms with E-state index in [0.29, 0.717) is 5.69 Å². The van der Waals surface area contributed by atoms with Crippen molar-refractivity contribution in [2.24, 2.45) is 0 Å². The Bertz CT molecular complexity index is 608. The summed E-state index contributed by atoms with van der Waals surface area (Å²) >= 11 is 0. The topological polar surface area (TPSA) is 62.2 Å². The minimum absolute atomic E-state index is 0.0195.